The minimum Gasteiger partial charge on any atom is -0.450 e. The molecule has 0 aliphatic heterocycles. The van der Waals surface area contributed by atoms with Crippen molar-refractivity contribution >= 4 is 12.1 Å². The normalized spacial score (nSPS) is 18.3. The van der Waals surface area contributed by atoms with Crippen molar-refractivity contribution in [3.63, 3.8) is 0 Å². The Bertz CT molecular complexity index is 1010. The molecule has 0 spiro atoms. The van der Waals surface area contributed by atoms with Gasteiger partial charge in [-0.3, -0.25) is 0 Å². The summed E-state index contributed by atoms with van der Waals surface area (Å²) in [6.07, 6.45) is 2.48. The van der Waals surface area contributed by atoms with E-state index in [-0.39, 0.29) is 30.7 Å². The average Bonchev–Trinajstić information content (AvgIpc) is 2.81. The molecular formula is C24H28F4N4O2. The maximum atomic E-state index is 14.0. The van der Waals surface area contributed by atoms with E-state index in [2.05, 4.69) is 20.9 Å². The zero-order chi connectivity index (χ0) is 24.5. The number of rotatable bonds is 7. The third kappa shape index (κ3) is 7.64. The standard InChI is InChI=1S/C24H28F4N4O2/c1-2-34-24(33)32-19-7-5-18(6-8-19)31-23(29-13-15-3-9-21(27)22(28)11-15)30-14-16-12-17(25)4-10-20(16)26/h3-4,9-12,18-19H,2,5-8,13-14H2,1H3,(H,32,33)(H2,29,30,31). The Kier molecular flexibility index (Phi) is 9.12. The number of alkyl carbamates (subject to hydrolysis) is 1. The lowest BCUT2D eigenvalue weighted by molar-refractivity contribution is 0.144. The van der Waals surface area contributed by atoms with Crippen LogP contribution in [-0.2, 0) is 17.8 Å². The molecule has 3 rings (SSSR count). The fourth-order valence-corrected chi connectivity index (χ4v) is 3.73. The molecule has 1 fully saturated rings. The van der Waals surface area contributed by atoms with Crippen molar-refractivity contribution in [1.29, 1.82) is 0 Å². The first-order chi connectivity index (χ1) is 16.3. The molecule has 1 saturated carbocycles. The first kappa shape index (κ1) is 25.3. The van der Waals surface area contributed by atoms with Gasteiger partial charge in [0.05, 0.1) is 13.2 Å². The monoisotopic (exact) mass is 480 g/mol. The van der Waals surface area contributed by atoms with Gasteiger partial charge in [0, 0.05) is 24.2 Å². The van der Waals surface area contributed by atoms with Crippen LogP contribution in [0.3, 0.4) is 0 Å². The van der Waals surface area contributed by atoms with Gasteiger partial charge in [-0.25, -0.2) is 27.3 Å². The number of carbonyl (C=O) groups excluding carboxylic acids is 1. The van der Waals surface area contributed by atoms with E-state index >= 15 is 0 Å². The van der Waals surface area contributed by atoms with E-state index in [1.54, 1.807) is 6.92 Å². The smallest absolute Gasteiger partial charge is 0.407 e. The van der Waals surface area contributed by atoms with Crippen molar-refractivity contribution in [1.82, 2.24) is 16.0 Å². The van der Waals surface area contributed by atoms with Crippen LogP contribution in [0.1, 0.15) is 43.7 Å². The van der Waals surface area contributed by atoms with E-state index in [0.717, 1.165) is 56.0 Å². The number of amides is 1. The number of nitrogens with zero attached hydrogens (tertiary/aromatic N) is 1. The maximum absolute atomic E-state index is 14.0. The molecule has 1 aliphatic rings. The van der Waals surface area contributed by atoms with E-state index in [4.69, 9.17) is 4.74 Å². The molecule has 0 aromatic heterocycles. The number of ether oxygens (including phenoxy) is 1. The van der Waals surface area contributed by atoms with Crippen LogP contribution in [0.25, 0.3) is 0 Å². The third-order valence-electron chi connectivity index (χ3n) is 5.52. The van der Waals surface area contributed by atoms with Gasteiger partial charge in [0.1, 0.15) is 11.6 Å². The minimum atomic E-state index is -0.968. The SMILES string of the molecule is CCOC(=O)NC1CCC(NC(=NCc2ccc(F)c(F)c2)NCc2cc(F)ccc2F)CC1. The fourth-order valence-electron chi connectivity index (χ4n) is 3.73. The molecule has 2 aromatic carbocycles. The molecule has 0 atom stereocenters. The summed E-state index contributed by atoms with van der Waals surface area (Å²) in [7, 11) is 0. The van der Waals surface area contributed by atoms with Crippen LogP contribution in [0.5, 0.6) is 0 Å². The summed E-state index contributed by atoms with van der Waals surface area (Å²) in [6.45, 7) is 2.08. The molecule has 2 aromatic rings. The van der Waals surface area contributed by atoms with Crippen LogP contribution in [-0.4, -0.2) is 30.7 Å². The van der Waals surface area contributed by atoms with Crippen LogP contribution in [0.2, 0.25) is 0 Å². The number of nitrogens with one attached hydrogen (secondary N) is 3. The van der Waals surface area contributed by atoms with Crippen molar-refractivity contribution in [2.45, 2.75) is 57.8 Å². The number of hydrogen-bond acceptors (Lipinski definition) is 3. The van der Waals surface area contributed by atoms with Crippen LogP contribution >= 0.6 is 0 Å². The van der Waals surface area contributed by atoms with E-state index < -0.39 is 29.4 Å². The molecule has 0 unspecified atom stereocenters. The summed E-state index contributed by atoms with van der Waals surface area (Å²) in [5.41, 5.74) is 0.587. The van der Waals surface area contributed by atoms with Crippen LogP contribution in [0, 0.1) is 23.3 Å². The lowest BCUT2D eigenvalue weighted by Crippen LogP contribution is -2.47. The predicted octanol–water partition coefficient (Wildman–Crippen LogP) is 4.54. The Morgan fingerprint density at radius 3 is 2.29 bits per heavy atom. The quantitative estimate of drug-likeness (QED) is 0.309. The first-order valence-corrected chi connectivity index (χ1v) is 11.2. The Morgan fingerprint density at radius 1 is 0.941 bits per heavy atom. The zero-order valence-corrected chi connectivity index (χ0v) is 18.8. The Hall–Kier alpha value is -3.30. The lowest BCUT2D eigenvalue weighted by atomic mass is 9.91. The van der Waals surface area contributed by atoms with Gasteiger partial charge in [-0.2, -0.15) is 0 Å². The maximum Gasteiger partial charge on any atom is 0.407 e. The second-order valence-electron chi connectivity index (χ2n) is 8.06. The summed E-state index contributed by atoms with van der Waals surface area (Å²) in [5.74, 6) is -2.70. The van der Waals surface area contributed by atoms with E-state index in [9.17, 15) is 22.4 Å². The second kappa shape index (κ2) is 12.2. The number of benzene rings is 2. The molecule has 34 heavy (non-hydrogen) atoms. The van der Waals surface area contributed by atoms with Crippen LogP contribution < -0.4 is 16.0 Å². The van der Waals surface area contributed by atoms with Crippen molar-refractivity contribution in [3.05, 3.63) is 70.8 Å². The van der Waals surface area contributed by atoms with Gasteiger partial charge in [-0.15, -0.1) is 0 Å². The zero-order valence-electron chi connectivity index (χ0n) is 18.8. The van der Waals surface area contributed by atoms with Crippen LogP contribution in [0.4, 0.5) is 22.4 Å². The highest BCUT2D eigenvalue weighted by atomic mass is 19.2. The number of halogens is 4. The molecule has 10 heteroatoms. The molecule has 0 bridgehead atoms. The molecule has 184 valence electrons. The summed E-state index contributed by atoms with van der Waals surface area (Å²) in [6, 6.07) is 6.74. The van der Waals surface area contributed by atoms with Gasteiger partial charge >= 0.3 is 6.09 Å². The van der Waals surface area contributed by atoms with Gasteiger partial charge in [-0.05, 0) is 68.5 Å². The van der Waals surface area contributed by atoms with Gasteiger partial charge in [0.2, 0.25) is 0 Å². The largest absolute Gasteiger partial charge is 0.450 e. The number of hydrogen-bond donors (Lipinski definition) is 3. The number of aliphatic imine (C=N–C) groups is 1. The molecule has 0 radical (unpaired) electrons. The Balaban J connectivity index is 1.64. The molecule has 1 aliphatic carbocycles. The lowest BCUT2D eigenvalue weighted by Gasteiger charge is -2.30. The average molecular weight is 481 g/mol. The van der Waals surface area contributed by atoms with Gasteiger partial charge in [-0.1, -0.05) is 6.07 Å². The minimum absolute atomic E-state index is 0.00836. The fraction of sp³-hybridized carbons (Fsp3) is 0.417. The molecule has 6 nitrogen and oxygen atoms in total. The Morgan fingerprint density at radius 2 is 1.62 bits per heavy atom. The highest BCUT2D eigenvalue weighted by Crippen LogP contribution is 2.19. The van der Waals surface area contributed by atoms with Crippen LogP contribution in [0.15, 0.2) is 41.4 Å². The topological polar surface area (TPSA) is 74.8 Å². The van der Waals surface area contributed by atoms with Crippen molar-refractivity contribution in [3.8, 4) is 0 Å². The highest BCUT2D eigenvalue weighted by molar-refractivity contribution is 5.80. The predicted molar refractivity (Wildman–Crippen MR) is 120 cm³/mol. The third-order valence-corrected chi connectivity index (χ3v) is 5.52. The molecule has 1 amide bonds. The summed E-state index contributed by atoms with van der Waals surface area (Å²) in [4.78, 5) is 16.0. The summed E-state index contributed by atoms with van der Waals surface area (Å²) in [5, 5.41) is 9.08. The highest BCUT2D eigenvalue weighted by Gasteiger charge is 2.23. The molecule has 0 heterocycles. The summed E-state index contributed by atoms with van der Waals surface area (Å²) >= 11 is 0. The number of guanidine groups is 1. The van der Waals surface area contributed by atoms with Crippen molar-refractivity contribution in [2.75, 3.05) is 6.61 Å². The molecule has 3 N–H and O–H groups in total. The van der Waals surface area contributed by atoms with Gasteiger partial charge < -0.3 is 20.7 Å². The molecular weight excluding hydrogens is 452 g/mol. The van der Waals surface area contributed by atoms with E-state index in [0.29, 0.717) is 18.1 Å². The second-order valence-corrected chi connectivity index (χ2v) is 8.06. The van der Waals surface area contributed by atoms with Gasteiger partial charge in [0.15, 0.2) is 17.6 Å². The molecule has 0 saturated heterocycles. The summed E-state index contributed by atoms with van der Waals surface area (Å²) < 4.78 is 59.2. The number of carbonyl (C=O) groups is 1. The first-order valence-electron chi connectivity index (χ1n) is 11.2. The van der Waals surface area contributed by atoms with Gasteiger partial charge in [0.25, 0.3) is 0 Å². The van der Waals surface area contributed by atoms with Crippen molar-refractivity contribution in [2.24, 2.45) is 4.99 Å². The van der Waals surface area contributed by atoms with Crippen molar-refractivity contribution < 1.29 is 27.1 Å². The van der Waals surface area contributed by atoms with E-state index in [1.165, 1.54) is 6.07 Å². The van der Waals surface area contributed by atoms with E-state index in [1.807, 2.05) is 0 Å². The Labute approximate surface area is 195 Å².